The lowest BCUT2D eigenvalue weighted by atomic mass is 10.1. The van der Waals surface area contributed by atoms with Crippen molar-refractivity contribution >= 4 is 17.3 Å². The highest BCUT2D eigenvalue weighted by molar-refractivity contribution is 5.93. The van der Waals surface area contributed by atoms with Crippen molar-refractivity contribution < 1.29 is 14.3 Å². The molecule has 0 aromatic heterocycles. The number of ether oxygens (including phenoxy) is 2. The first-order valence-corrected chi connectivity index (χ1v) is 9.15. The van der Waals surface area contributed by atoms with Crippen LogP contribution in [0.1, 0.15) is 5.56 Å². The van der Waals surface area contributed by atoms with Gasteiger partial charge in [0.05, 0.1) is 26.5 Å². The lowest BCUT2D eigenvalue weighted by molar-refractivity contribution is -0.117. The maximum atomic E-state index is 12.5. The zero-order chi connectivity index (χ0) is 19.2. The molecule has 0 atom stereocenters. The number of carbonyl (C=O) groups is 1. The van der Waals surface area contributed by atoms with Gasteiger partial charge in [0.2, 0.25) is 5.91 Å². The van der Waals surface area contributed by atoms with E-state index in [1.807, 2.05) is 0 Å². The lowest BCUT2D eigenvalue weighted by Gasteiger charge is -2.36. The van der Waals surface area contributed by atoms with E-state index in [4.69, 9.17) is 9.47 Å². The Labute approximate surface area is 160 Å². The molecule has 0 bridgehead atoms. The minimum absolute atomic E-state index is 0.0391. The molecule has 6 heteroatoms. The van der Waals surface area contributed by atoms with Gasteiger partial charge in [-0.3, -0.25) is 9.69 Å². The standard InChI is InChI=1S/C21H27N3O3/c1-16-6-4-5-7-19(16)24-12-10-23(11-13-24)15-21(25)22-18-9-8-17(26-2)14-20(18)27-3/h4-9,14H,10-13,15H2,1-3H3,(H,22,25). The Hall–Kier alpha value is -2.73. The molecule has 0 spiro atoms. The lowest BCUT2D eigenvalue weighted by Crippen LogP contribution is -2.48. The summed E-state index contributed by atoms with van der Waals surface area (Å²) >= 11 is 0. The SMILES string of the molecule is COc1ccc(NC(=O)CN2CCN(c3ccccc3C)CC2)c(OC)c1. The fraction of sp³-hybridized carbons (Fsp3) is 0.381. The predicted octanol–water partition coefficient (Wildman–Crippen LogP) is 2.77. The van der Waals surface area contributed by atoms with Crippen LogP contribution in [0.2, 0.25) is 0 Å². The molecular weight excluding hydrogens is 342 g/mol. The van der Waals surface area contributed by atoms with Crippen molar-refractivity contribution in [2.75, 3.05) is 57.2 Å². The third-order valence-electron chi connectivity index (χ3n) is 4.88. The van der Waals surface area contributed by atoms with Crippen LogP contribution >= 0.6 is 0 Å². The van der Waals surface area contributed by atoms with Crippen LogP contribution in [0.4, 0.5) is 11.4 Å². The molecule has 0 aliphatic carbocycles. The quantitative estimate of drug-likeness (QED) is 0.849. The molecular formula is C21H27N3O3. The van der Waals surface area contributed by atoms with E-state index in [1.54, 1.807) is 32.4 Å². The van der Waals surface area contributed by atoms with Crippen molar-refractivity contribution in [2.45, 2.75) is 6.92 Å². The van der Waals surface area contributed by atoms with Crippen LogP contribution in [-0.2, 0) is 4.79 Å². The van der Waals surface area contributed by atoms with Crippen LogP contribution in [0, 0.1) is 6.92 Å². The van der Waals surface area contributed by atoms with Gasteiger partial charge in [-0.1, -0.05) is 18.2 Å². The number of hydrogen-bond donors (Lipinski definition) is 1. The number of nitrogens with zero attached hydrogens (tertiary/aromatic N) is 2. The monoisotopic (exact) mass is 369 g/mol. The van der Waals surface area contributed by atoms with Gasteiger partial charge >= 0.3 is 0 Å². The first kappa shape index (κ1) is 19.0. The summed E-state index contributed by atoms with van der Waals surface area (Å²) in [6, 6.07) is 13.8. The number of anilines is 2. The summed E-state index contributed by atoms with van der Waals surface area (Å²) in [7, 11) is 3.18. The van der Waals surface area contributed by atoms with Gasteiger partial charge in [-0.05, 0) is 30.7 Å². The number of amides is 1. The number of methoxy groups -OCH3 is 2. The van der Waals surface area contributed by atoms with Gasteiger partial charge < -0.3 is 19.7 Å². The van der Waals surface area contributed by atoms with Gasteiger partial charge in [-0.15, -0.1) is 0 Å². The maximum absolute atomic E-state index is 12.5. The molecule has 1 heterocycles. The van der Waals surface area contributed by atoms with Crippen molar-refractivity contribution in [1.82, 2.24) is 4.90 Å². The molecule has 1 aliphatic heterocycles. The molecule has 2 aromatic carbocycles. The van der Waals surface area contributed by atoms with Crippen LogP contribution in [0.3, 0.4) is 0 Å². The van der Waals surface area contributed by atoms with Crippen LogP contribution < -0.4 is 19.7 Å². The summed E-state index contributed by atoms with van der Waals surface area (Å²) in [5.74, 6) is 1.24. The van der Waals surface area contributed by atoms with Gasteiger partial charge in [0.15, 0.2) is 0 Å². The average Bonchev–Trinajstić information content (AvgIpc) is 2.69. The highest BCUT2D eigenvalue weighted by Gasteiger charge is 2.20. The minimum atomic E-state index is -0.0391. The smallest absolute Gasteiger partial charge is 0.238 e. The van der Waals surface area contributed by atoms with Crippen molar-refractivity contribution in [3.63, 3.8) is 0 Å². The van der Waals surface area contributed by atoms with Crippen LogP contribution in [-0.4, -0.2) is 57.8 Å². The molecule has 3 rings (SSSR count). The zero-order valence-corrected chi connectivity index (χ0v) is 16.2. The maximum Gasteiger partial charge on any atom is 0.238 e. The highest BCUT2D eigenvalue weighted by Crippen LogP contribution is 2.29. The fourth-order valence-corrected chi connectivity index (χ4v) is 3.36. The molecule has 144 valence electrons. The van der Waals surface area contributed by atoms with Gasteiger partial charge in [0.1, 0.15) is 11.5 Å². The van der Waals surface area contributed by atoms with Crippen LogP contribution in [0.15, 0.2) is 42.5 Å². The third-order valence-corrected chi connectivity index (χ3v) is 4.88. The Morgan fingerprint density at radius 2 is 1.78 bits per heavy atom. The number of aryl methyl sites for hydroxylation is 1. The highest BCUT2D eigenvalue weighted by atomic mass is 16.5. The number of piperazine rings is 1. The molecule has 1 fully saturated rings. The van der Waals surface area contributed by atoms with Crippen molar-refractivity contribution in [2.24, 2.45) is 0 Å². The molecule has 1 saturated heterocycles. The molecule has 0 saturated carbocycles. The first-order chi connectivity index (χ1) is 13.1. The van der Waals surface area contributed by atoms with E-state index in [-0.39, 0.29) is 5.91 Å². The van der Waals surface area contributed by atoms with Gasteiger partial charge in [-0.25, -0.2) is 0 Å². The number of hydrogen-bond acceptors (Lipinski definition) is 5. The molecule has 2 aromatic rings. The molecule has 1 aliphatic rings. The van der Waals surface area contributed by atoms with Gasteiger partial charge in [0.25, 0.3) is 0 Å². The first-order valence-electron chi connectivity index (χ1n) is 9.15. The van der Waals surface area contributed by atoms with E-state index in [0.29, 0.717) is 23.7 Å². The average molecular weight is 369 g/mol. The molecule has 1 amide bonds. The van der Waals surface area contributed by atoms with E-state index in [0.717, 1.165) is 26.2 Å². The second kappa shape index (κ2) is 8.77. The Balaban J connectivity index is 1.53. The summed E-state index contributed by atoms with van der Waals surface area (Å²) in [5, 5.41) is 2.94. The largest absolute Gasteiger partial charge is 0.497 e. The van der Waals surface area contributed by atoms with E-state index in [9.17, 15) is 4.79 Å². The second-order valence-corrected chi connectivity index (χ2v) is 6.66. The number of carbonyl (C=O) groups excluding carboxylic acids is 1. The number of para-hydroxylation sites is 1. The number of benzene rings is 2. The molecule has 1 N–H and O–H groups in total. The third kappa shape index (κ3) is 4.71. The summed E-state index contributed by atoms with van der Waals surface area (Å²) in [6.45, 7) is 6.07. The summed E-state index contributed by atoms with van der Waals surface area (Å²) in [6.07, 6.45) is 0. The van der Waals surface area contributed by atoms with E-state index in [1.165, 1.54) is 11.3 Å². The fourth-order valence-electron chi connectivity index (χ4n) is 3.36. The Morgan fingerprint density at radius 3 is 2.44 bits per heavy atom. The Morgan fingerprint density at radius 1 is 1.04 bits per heavy atom. The van der Waals surface area contributed by atoms with Crippen LogP contribution in [0.25, 0.3) is 0 Å². The summed E-state index contributed by atoms with van der Waals surface area (Å²) < 4.78 is 10.5. The second-order valence-electron chi connectivity index (χ2n) is 6.66. The summed E-state index contributed by atoms with van der Waals surface area (Å²) in [5.41, 5.74) is 3.22. The Bertz CT molecular complexity index is 786. The normalized spacial score (nSPS) is 14.7. The molecule has 0 unspecified atom stereocenters. The molecule has 6 nitrogen and oxygen atoms in total. The van der Waals surface area contributed by atoms with Gasteiger partial charge in [-0.2, -0.15) is 0 Å². The van der Waals surface area contributed by atoms with Crippen molar-refractivity contribution in [3.8, 4) is 11.5 Å². The zero-order valence-electron chi connectivity index (χ0n) is 16.2. The number of nitrogens with one attached hydrogen (secondary N) is 1. The van der Waals surface area contributed by atoms with Crippen molar-refractivity contribution in [3.05, 3.63) is 48.0 Å². The summed E-state index contributed by atoms with van der Waals surface area (Å²) in [4.78, 5) is 17.0. The Kier molecular flexibility index (Phi) is 6.19. The number of rotatable bonds is 6. The van der Waals surface area contributed by atoms with Crippen LogP contribution in [0.5, 0.6) is 11.5 Å². The molecule has 27 heavy (non-hydrogen) atoms. The van der Waals surface area contributed by atoms with Gasteiger partial charge in [0, 0.05) is 37.9 Å². The van der Waals surface area contributed by atoms with E-state index in [2.05, 4.69) is 46.3 Å². The van der Waals surface area contributed by atoms with Crippen molar-refractivity contribution in [1.29, 1.82) is 0 Å². The predicted molar refractivity (Wildman–Crippen MR) is 108 cm³/mol. The van der Waals surface area contributed by atoms with E-state index < -0.39 is 0 Å². The van der Waals surface area contributed by atoms with E-state index >= 15 is 0 Å². The minimum Gasteiger partial charge on any atom is -0.497 e. The topological polar surface area (TPSA) is 54.0 Å². The molecule has 0 radical (unpaired) electrons.